The summed E-state index contributed by atoms with van der Waals surface area (Å²) in [6, 6.07) is 11.9. The summed E-state index contributed by atoms with van der Waals surface area (Å²) in [6.45, 7) is 3.04. The summed E-state index contributed by atoms with van der Waals surface area (Å²) in [5, 5.41) is 4.58. The third-order valence-electron chi connectivity index (χ3n) is 5.99. The van der Waals surface area contributed by atoms with E-state index in [1.807, 2.05) is 43.5 Å². The number of likely N-dealkylation sites (tertiary alicyclic amines) is 1. The lowest BCUT2D eigenvalue weighted by Crippen LogP contribution is -2.29. The highest BCUT2D eigenvalue weighted by atomic mass is 32.1. The summed E-state index contributed by atoms with van der Waals surface area (Å²) in [5.41, 5.74) is 4.20. The number of anilines is 1. The Morgan fingerprint density at radius 3 is 3.03 bits per heavy atom. The van der Waals surface area contributed by atoms with E-state index >= 15 is 0 Å². The van der Waals surface area contributed by atoms with E-state index in [2.05, 4.69) is 21.4 Å². The predicted octanol–water partition coefficient (Wildman–Crippen LogP) is 4.12. The lowest BCUT2D eigenvalue weighted by atomic mass is 10.1. The van der Waals surface area contributed by atoms with Crippen molar-refractivity contribution in [3.8, 4) is 5.75 Å². The molecule has 8 heteroatoms. The van der Waals surface area contributed by atoms with Gasteiger partial charge in [0.1, 0.15) is 5.75 Å². The van der Waals surface area contributed by atoms with Gasteiger partial charge in [-0.3, -0.25) is 9.59 Å². The maximum Gasteiger partial charge on any atom is 0.231 e. The van der Waals surface area contributed by atoms with E-state index in [0.717, 1.165) is 38.0 Å². The molecule has 4 aromatic rings. The Bertz CT molecular complexity index is 1330. The van der Waals surface area contributed by atoms with Crippen LogP contribution in [0, 0.1) is 12.8 Å². The molecule has 1 aliphatic rings. The van der Waals surface area contributed by atoms with Gasteiger partial charge in [0.15, 0.2) is 5.13 Å². The Morgan fingerprint density at radius 2 is 2.19 bits per heavy atom. The van der Waals surface area contributed by atoms with Crippen molar-refractivity contribution in [1.82, 2.24) is 14.9 Å². The molecule has 7 nitrogen and oxygen atoms in total. The molecule has 5 rings (SSSR count). The number of aromatic amines is 1. The molecular formula is C24H24N4O3S. The number of aromatic nitrogens is 2. The van der Waals surface area contributed by atoms with Gasteiger partial charge in [-0.05, 0) is 54.8 Å². The number of amides is 2. The van der Waals surface area contributed by atoms with Crippen LogP contribution in [0.25, 0.3) is 21.1 Å². The number of carbonyl (C=O) groups excluding carboxylic acids is 2. The number of methoxy groups -OCH3 is 1. The van der Waals surface area contributed by atoms with Crippen LogP contribution in [0.1, 0.15) is 17.5 Å². The maximum atomic E-state index is 12.8. The SMILES string of the molecule is COc1ccc2[nH]cc(CCN3CC(C(=O)Nc4nc5ccc(C)cc5s4)CC3=O)c2c1. The number of aryl methyl sites for hydroxylation is 1. The molecule has 0 aliphatic carbocycles. The van der Waals surface area contributed by atoms with Crippen LogP contribution in [0.15, 0.2) is 42.6 Å². The number of rotatable bonds is 6. The second-order valence-electron chi connectivity index (χ2n) is 8.20. The van der Waals surface area contributed by atoms with E-state index in [1.54, 1.807) is 12.0 Å². The van der Waals surface area contributed by atoms with Gasteiger partial charge in [-0.2, -0.15) is 0 Å². The summed E-state index contributed by atoms with van der Waals surface area (Å²) >= 11 is 1.46. The van der Waals surface area contributed by atoms with Crippen molar-refractivity contribution in [1.29, 1.82) is 0 Å². The third-order valence-corrected chi connectivity index (χ3v) is 6.92. The molecule has 0 radical (unpaired) electrons. The zero-order chi connectivity index (χ0) is 22.2. The Morgan fingerprint density at radius 1 is 1.31 bits per heavy atom. The molecule has 3 heterocycles. The predicted molar refractivity (Wildman–Crippen MR) is 126 cm³/mol. The molecule has 0 saturated carbocycles. The van der Waals surface area contributed by atoms with Crippen molar-refractivity contribution in [2.24, 2.45) is 5.92 Å². The number of hydrogen-bond acceptors (Lipinski definition) is 5. The number of nitrogens with one attached hydrogen (secondary N) is 2. The van der Waals surface area contributed by atoms with Gasteiger partial charge in [-0.15, -0.1) is 0 Å². The van der Waals surface area contributed by atoms with Gasteiger partial charge >= 0.3 is 0 Å². The van der Waals surface area contributed by atoms with Crippen LogP contribution in [-0.4, -0.2) is 46.9 Å². The zero-order valence-electron chi connectivity index (χ0n) is 18.0. The molecule has 0 bridgehead atoms. The normalized spacial score (nSPS) is 16.2. The standard InChI is InChI=1S/C24H24N4O3S/c1-14-3-5-20-21(9-14)32-24(26-20)27-23(30)16-10-22(29)28(13-16)8-7-15-12-25-19-6-4-17(31-2)11-18(15)19/h3-6,9,11-12,16,25H,7-8,10,13H2,1-2H3,(H,26,27,30). The number of thiazole rings is 1. The van der Waals surface area contributed by atoms with Gasteiger partial charge in [-0.1, -0.05) is 17.4 Å². The minimum absolute atomic E-state index is 0.0162. The van der Waals surface area contributed by atoms with E-state index in [9.17, 15) is 9.59 Å². The Kier molecular flexibility index (Phi) is 5.30. The number of carbonyl (C=O) groups is 2. The number of nitrogens with zero attached hydrogens (tertiary/aromatic N) is 2. The van der Waals surface area contributed by atoms with Crippen LogP contribution in [0.4, 0.5) is 5.13 Å². The molecule has 2 N–H and O–H groups in total. The number of ether oxygens (including phenoxy) is 1. The Hall–Kier alpha value is -3.39. The summed E-state index contributed by atoms with van der Waals surface area (Å²) in [7, 11) is 1.65. The molecule has 1 saturated heterocycles. The first-order valence-electron chi connectivity index (χ1n) is 10.6. The van der Waals surface area contributed by atoms with E-state index in [1.165, 1.54) is 11.3 Å². The lowest BCUT2D eigenvalue weighted by Gasteiger charge is -2.16. The first-order valence-corrected chi connectivity index (χ1v) is 11.4. The van der Waals surface area contributed by atoms with Gasteiger partial charge in [0.25, 0.3) is 0 Å². The average molecular weight is 449 g/mol. The Balaban J connectivity index is 1.22. The summed E-state index contributed by atoms with van der Waals surface area (Å²) < 4.78 is 6.37. The van der Waals surface area contributed by atoms with Crippen molar-refractivity contribution in [2.75, 3.05) is 25.5 Å². The Labute approximate surface area is 189 Å². The lowest BCUT2D eigenvalue weighted by molar-refractivity contribution is -0.128. The molecule has 2 aromatic carbocycles. The van der Waals surface area contributed by atoms with Crippen LogP contribution in [-0.2, 0) is 16.0 Å². The van der Waals surface area contributed by atoms with E-state index in [-0.39, 0.29) is 24.2 Å². The van der Waals surface area contributed by atoms with E-state index in [4.69, 9.17) is 4.74 Å². The van der Waals surface area contributed by atoms with Crippen LogP contribution in [0.3, 0.4) is 0 Å². The molecule has 32 heavy (non-hydrogen) atoms. The number of H-pyrrole nitrogens is 1. The highest BCUT2D eigenvalue weighted by Gasteiger charge is 2.34. The smallest absolute Gasteiger partial charge is 0.231 e. The largest absolute Gasteiger partial charge is 0.497 e. The average Bonchev–Trinajstić information content (AvgIpc) is 3.47. The van der Waals surface area contributed by atoms with Gasteiger partial charge in [0.05, 0.1) is 23.2 Å². The van der Waals surface area contributed by atoms with Crippen LogP contribution >= 0.6 is 11.3 Å². The minimum atomic E-state index is -0.362. The van der Waals surface area contributed by atoms with Crippen molar-refractivity contribution in [2.45, 2.75) is 19.8 Å². The second-order valence-corrected chi connectivity index (χ2v) is 9.23. The molecule has 0 spiro atoms. The minimum Gasteiger partial charge on any atom is -0.497 e. The maximum absolute atomic E-state index is 12.8. The number of hydrogen-bond donors (Lipinski definition) is 2. The number of fused-ring (bicyclic) bond motifs is 2. The summed E-state index contributed by atoms with van der Waals surface area (Å²) in [4.78, 5) is 34.9. The first-order chi connectivity index (χ1) is 15.5. The molecular weight excluding hydrogens is 424 g/mol. The van der Waals surface area contributed by atoms with Crippen molar-refractivity contribution < 1.29 is 14.3 Å². The van der Waals surface area contributed by atoms with Gasteiger partial charge in [-0.25, -0.2) is 4.98 Å². The van der Waals surface area contributed by atoms with Crippen molar-refractivity contribution in [3.05, 3.63) is 53.7 Å². The molecule has 1 atom stereocenters. The van der Waals surface area contributed by atoms with E-state index < -0.39 is 0 Å². The van der Waals surface area contributed by atoms with Gasteiger partial charge in [0.2, 0.25) is 11.8 Å². The number of benzene rings is 2. The molecule has 1 aliphatic heterocycles. The van der Waals surface area contributed by atoms with Crippen LogP contribution in [0.5, 0.6) is 5.75 Å². The van der Waals surface area contributed by atoms with Crippen molar-refractivity contribution >= 4 is 49.4 Å². The van der Waals surface area contributed by atoms with Crippen LogP contribution in [0.2, 0.25) is 0 Å². The summed E-state index contributed by atoms with van der Waals surface area (Å²) in [6.07, 6.45) is 2.92. The molecule has 2 amide bonds. The summed E-state index contributed by atoms with van der Waals surface area (Å²) in [5.74, 6) is 0.313. The van der Waals surface area contributed by atoms with Gasteiger partial charge in [0, 0.05) is 36.6 Å². The fraction of sp³-hybridized carbons (Fsp3) is 0.292. The van der Waals surface area contributed by atoms with E-state index in [0.29, 0.717) is 24.6 Å². The monoisotopic (exact) mass is 448 g/mol. The van der Waals surface area contributed by atoms with Crippen molar-refractivity contribution in [3.63, 3.8) is 0 Å². The van der Waals surface area contributed by atoms with Gasteiger partial charge < -0.3 is 19.9 Å². The zero-order valence-corrected chi connectivity index (χ0v) is 18.8. The second kappa shape index (κ2) is 8.27. The molecule has 2 aromatic heterocycles. The highest BCUT2D eigenvalue weighted by Crippen LogP contribution is 2.29. The topological polar surface area (TPSA) is 87.3 Å². The molecule has 1 unspecified atom stereocenters. The fourth-order valence-corrected chi connectivity index (χ4v) is 5.17. The molecule has 1 fully saturated rings. The highest BCUT2D eigenvalue weighted by molar-refractivity contribution is 7.22. The quantitative estimate of drug-likeness (QED) is 0.464. The fourth-order valence-electron chi connectivity index (χ4n) is 4.20. The first kappa shape index (κ1) is 20.5. The van der Waals surface area contributed by atoms with Crippen LogP contribution < -0.4 is 10.1 Å². The third kappa shape index (κ3) is 3.93. The molecule has 164 valence electrons.